The lowest BCUT2D eigenvalue weighted by atomic mass is 9.76. The molecule has 136 valence electrons. The van der Waals surface area contributed by atoms with Crippen molar-refractivity contribution in [3.8, 4) is 5.75 Å². The molecule has 3 heterocycles. The molecule has 0 aliphatic carbocycles. The Morgan fingerprint density at radius 3 is 2.67 bits per heavy atom. The molecule has 0 saturated carbocycles. The summed E-state index contributed by atoms with van der Waals surface area (Å²) < 4.78 is 0. The first-order valence-electron chi connectivity index (χ1n) is 9.15. The maximum Gasteiger partial charge on any atom is 0.221 e. The smallest absolute Gasteiger partial charge is 0.221 e. The van der Waals surface area contributed by atoms with Gasteiger partial charge in [0.15, 0.2) is 0 Å². The second-order valence-electron chi connectivity index (χ2n) is 7.20. The predicted octanol–water partition coefficient (Wildman–Crippen LogP) is 2.34. The van der Waals surface area contributed by atoms with E-state index < -0.39 is 0 Å². The van der Waals surface area contributed by atoms with E-state index in [0.717, 1.165) is 11.1 Å². The minimum Gasteiger partial charge on any atom is -0.506 e. The van der Waals surface area contributed by atoms with Gasteiger partial charge >= 0.3 is 0 Å². The second kappa shape index (κ2) is 6.33. The first-order valence-corrected chi connectivity index (χ1v) is 9.15. The largest absolute Gasteiger partial charge is 0.506 e. The summed E-state index contributed by atoms with van der Waals surface area (Å²) in [5.74, 6) is 0.221. The van der Waals surface area contributed by atoms with Crippen molar-refractivity contribution in [1.29, 1.82) is 0 Å². The van der Waals surface area contributed by atoms with Gasteiger partial charge in [-0.25, -0.2) is 15.8 Å². The number of amides is 1. The number of nitrogens with zero attached hydrogens (tertiary/aromatic N) is 1. The molecule has 2 saturated heterocycles. The number of para-hydroxylation sites is 1. The lowest BCUT2D eigenvalue weighted by molar-refractivity contribution is -0.125. The summed E-state index contributed by atoms with van der Waals surface area (Å²) in [6, 6.07) is 19.6. The van der Waals surface area contributed by atoms with E-state index in [2.05, 4.69) is 28.3 Å². The standard InChI is InChI=1S/C21H20N4O2/c26-16-8-4-7-13-9-10-15(22-19(13)16)14-11-17(27)23-21-18(14)20(24-25-21)12-5-2-1-3-6-12/h1-10,14,18,20-21,24-26H,11H2,(H,23,27). The topological polar surface area (TPSA) is 86.3 Å². The molecule has 1 amide bonds. The fraction of sp³-hybridized carbons (Fsp3) is 0.238. The maximum atomic E-state index is 12.3. The van der Waals surface area contributed by atoms with Crippen molar-refractivity contribution < 1.29 is 9.90 Å². The molecule has 2 fully saturated rings. The van der Waals surface area contributed by atoms with E-state index in [-0.39, 0.29) is 35.7 Å². The molecule has 0 bridgehead atoms. The Labute approximate surface area is 156 Å². The van der Waals surface area contributed by atoms with Gasteiger partial charge in [-0.15, -0.1) is 0 Å². The second-order valence-corrected chi connectivity index (χ2v) is 7.20. The third-order valence-corrected chi connectivity index (χ3v) is 5.61. The number of hydrogen-bond acceptors (Lipinski definition) is 5. The van der Waals surface area contributed by atoms with Gasteiger partial charge in [0.25, 0.3) is 0 Å². The fourth-order valence-corrected chi connectivity index (χ4v) is 4.35. The summed E-state index contributed by atoms with van der Waals surface area (Å²) in [5, 5.41) is 14.1. The summed E-state index contributed by atoms with van der Waals surface area (Å²) >= 11 is 0. The van der Waals surface area contributed by atoms with E-state index in [9.17, 15) is 9.90 Å². The number of carbonyl (C=O) groups excluding carboxylic acids is 1. The Morgan fingerprint density at radius 2 is 1.81 bits per heavy atom. The average Bonchev–Trinajstić information content (AvgIpc) is 3.12. The first-order chi connectivity index (χ1) is 13.2. The summed E-state index contributed by atoms with van der Waals surface area (Å²) in [5.41, 5.74) is 9.15. The number of piperidine rings is 1. The molecule has 4 N–H and O–H groups in total. The van der Waals surface area contributed by atoms with Crippen molar-refractivity contribution in [1.82, 2.24) is 21.2 Å². The Hall–Kier alpha value is -2.96. The molecule has 5 rings (SSSR count). The van der Waals surface area contributed by atoms with Gasteiger partial charge in [0, 0.05) is 29.3 Å². The van der Waals surface area contributed by atoms with Gasteiger partial charge < -0.3 is 10.4 Å². The third kappa shape index (κ3) is 2.74. The molecule has 0 spiro atoms. The van der Waals surface area contributed by atoms with Gasteiger partial charge in [-0.3, -0.25) is 4.79 Å². The predicted molar refractivity (Wildman–Crippen MR) is 102 cm³/mol. The van der Waals surface area contributed by atoms with Crippen LogP contribution in [0.1, 0.15) is 29.6 Å². The minimum absolute atomic E-state index is 0.00319. The maximum absolute atomic E-state index is 12.3. The number of aromatic hydroxyl groups is 1. The number of hydrogen-bond donors (Lipinski definition) is 4. The zero-order valence-electron chi connectivity index (χ0n) is 14.6. The number of aromatic nitrogens is 1. The number of benzene rings is 2. The molecule has 6 nitrogen and oxygen atoms in total. The highest BCUT2D eigenvalue weighted by Gasteiger charge is 2.47. The van der Waals surface area contributed by atoms with Crippen LogP contribution in [-0.2, 0) is 4.79 Å². The van der Waals surface area contributed by atoms with Crippen LogP contribution in [0.2, 0.25) is 0 Å². The van der Waals surface area contributed by atoms with Gasteiger partial charge in [0.1, 0.15) is 11.3 Å². The van der Waals surface area contributed by atoms with E-state index in [4.69, 9.17) is 4.98 Å². The highest BCUT2D eigenvalue weighted by atomic mass is 16.3. The molecule has 1 aromatic heterocycles. The lowest BCUT2D eigenvalue weighted by Crippen LogP contribution is -2.52. The van der Waals surface area contributed by atoms with Crippen LogP contribution in [0.15, 0.2) is 60.7 Å². The third-order valence-electron chi connectivity index (χ3n) is 5.61. The summed E-state index contributed by atoms with van der Waals surface area (Å²) in [6.45, 7) is 0. The summed E-state index contributed by atoms with van der Waals surface area (Å²) in [7, 11) is 0. The van der Waals surface area contributed by atoms with Crippen molar-refractivity contribution >= 4 is 16.8 Å². The molecule has 2 aliphatic rings. The van der Waals surface area contributed by atoms with Crippen LogP contribution in [-0.4, -0.2) is 22.2 Å². The normalized spacial score (nSPS) is 27.3. The van der Waals surface area contributed by atoms with Gasteiger partial charge in [-0.1, -0.05) is 48.5 Å². The summed E-state index contributed by atoms with van der Waals surface area (Å²) in [6.07, 6.45) is 0.211. The van der Waals surface area contributed by atoms with Crippen LogP contribution in [0.5, 0.6) is 5.75 Å². The molecule has 6 heteroatoms. The Morgan fingerprint density at radius 1 is 0.963 bits per heavy atom. The van der Waals surface area contributed by atoms with Crippen LogP contribution in [0.25, 0.3) is 10.9 Å². The zero-order chi connectivity index (χ0) is 18.4. The van der Waals surface area contributed by atoms with E-state index in [0.29, 0.717) is 11.9 Å². The molecule has 2 aromatic carbocycles. The van der Waals surface area contributed by atoms with Crippen molar-refractivity contribution in [3.05, 3.63) is 71.9 Å². The van der Waals surface area contributed by atoms with Crippen LogP contribution < -0.4 is 16.2 Å². The average molecular weight is 360 g/mol. The molecule has 0 radical (unpaired) electrons. The summed E-state index contributed by atoms with van der Waals surface area (Å²) in [4.78, 5) is 17.0. The molecule has 4 atom stereocenters. The molecular weight excluding hydrogens is 340 g/mol. The van der Waals surface area contributed by atoms with E-state index in [1.165, 1.54) is 5.56 Å². The van der Waals surface area contributed by atoms with Crippen molar-refractivity contribution in [3.63, 3.8) is 0 Å². The number of nitrogens with one attached hydrogen (secondary N) is 3. The van der Waals surface area contributed by atoms with Crippen LogP contribution in [0, 0.1) is 5.92 Å². The van der Waals surface area contributed by atoms with Crippen molar-refractivity contribution in [2.75, 3.05) is 0 Å². The number of hydrazine groups is 1. The van der Waals surface area contributed by atoms with Gasteiger partial charge in [0.2, 0.25) is 5.91 Å². The van der Waals surface area contributed by atoms with Crippen molar-refractivity contribution in [2.24, 2.45) is 5.92 Å². The Balaban J connectivity index is 1.59. The van der Waals surface area contributed by atoms with Crippen LogP contribution >= 0.6 is 0 Å². The van der Waals surface area contributed by atoms with Gasteiger partial charge in [-0.05, 0) is 17.7 Å². The number of phenols is 1. The van der Waals surface area contributed by atoms with Crippen LogP contribution in [0.3, 0.4) is 0 Å². The molecule has 4 unspecified atom stereocenters. The van der Waals surface area contributed by atoms with E-state index in [1.54, 1.807) is 12.1 Å². The van der Waals surface area contributed by atoms with Crippen molar-refractivity contribution in [2.45, 2.75) is 24.5 Å². The van der Waals surface area contributed by atoms with Gasteiger partial charge in [-0.2, -0.15) is 0 Å². The minimum atomic E-state index is -0.164. The van der Waals surface area contributed by atoms with Gasteiger partial charge in [0.05, 0.1) is 12.2 Å². The Bertz CT molecular complexity index is 1010. The zero-order valence-corrected chi connectivity index (χ0v) is 14.6. The van der Waals surface area contributed by atoms with E-state index >= 15 is 0 Å². The SMILES string of the molecule is O=C1CC(c2ccc3cccc(O)c3n2)C2C(NNC2c2ccccc2)N1. The molecular formula is C21H20N4O2. The molecule has 27 heavy (non-hydrogen) atoms. The Kier molecular flexibility index (Phi) is 3.81. The fourth-order valence-electron chi connectivity index (χ4n) is 4.35. The number of fused-ring (bicyclic) bond motifs is 2. The van der Waals surface area contributed by atoms with Crippen LogP contribution in [0.4, 0.5) is 0 Å². The lowest BCUT2D eigenvalue weighted by Gasteiger charge is -2.35. The molecule has 2 aliphatic heterocycles. The quantitative estimate of drug-likeness (QED) is 0.564. The monoisotopic (exact) mass is 360 g/mol. The number of carbonyl (C=O) groups is 1. The highest BCUT2D eigenvalue weighted by Crippen LogP contribution is 2.43. The first kappa shape index (κ1) is 16.2. The number of phenolic OH excluding ortho intramolecular Hbond substituents is 1. The number of pyridine rings is 1. The highest BCUT2D eigenvalue weighted by molar-refractivity contribution is 5.84. The van der Waals surface area contributed by atoms with E-state index in [1.807, 2.05) is 36.4 Å². The number of rotatable bonds is 2. The molecule has 3 aromatic rings.